The van der Waals surface area contributed by atoms with E-state index in [0.29, 0.717) is 23.2 Å². The van der Waals surface area contributed by atoms with Gasteiger partial charge in [0.2, 0.25) is 11.7 Å². The Morgan fingerprint density at radius 1 is 1.30 bits per heavy atom. The van der Waals surface area contributed by atoms with Crippen LogP contribution in [-0.4, -0.2) is 23.2 Å². The first-order valence-electron chi connectivity index (χ1n) is 6.66. The van der Waals surface area contributed by atoms with Gasteiger partial charge in [0.25, 0.3) is 0 Å². The summed E-state index contributed by atoms with van der Waals surface area (Å²) in [5.41, 5.74) is 0.911. The summed E-state index contributed by atoms with van der Waals surface area (Å²) in [7, 11) is 1.95. The Morgan fingerprint density at radius 2 is 2.00 bits per heavy atom. The summed E-state index contributed by atoms with van der Waals surface area (Å²) < 4.78 is 5.34. The molecular weight excluding hydrogens is 274 g/mol. The van der Waals surface area contributed by atoms with Crippen molar-refractivity contribution in [1.82, 2.24) is 15.5 Å². The van der Waals surface area contributed by atoms with Crippen LogP contribution in [0.15, 0.2) is 28.8 Å². The molecular formula is C15H20ClN3O. The highest BCUT2D eigenvalue weighted by Gasteiger charge is 2.25. The number of likely N-dealkylation sites (N-methyl/N-ethyl adjacent to an activating group) is 1. The van der Waals surface area contributed by atoms with E-state index in [9.17, 15) is 0 Å². The minimum Gasteiger partial charge on any atom is -0.339 e. The molecule has 0 radical (unpaired) electrons. The van der Waals surface area contributed by atoms with E-state index in [1.54, 1.807) is 0 Å². The summed E-state index contributed by atoms with van der Waals surface area (Å²) in [6.07, 6.45) is 0.692. The first-order valence-corrected chi connectivity index (χ1v) is 7.04. The van der Waals surface area contributed by atoms with Crippen molar-refractivity contribution in [2.75, 3.05) is 7.05 Å². The zero-order valence-electron chi connectivity index (χ0n) is 12.3. The Labute approximate surface area is 124 Å². The van der Waals surface area contributed by atoms with E-state index in [-0.39, 0.29) is 11.5 Å². The lowest BCUT2D eigenvalue weighted by Gasteiger charge is -2.29. The SMILES string of the molecule is CNC(Cc1nc(-c2ccccc2Cl)no1)C(C)(C)C. The molecule has 1 N–H and O–H groups in total. The highest BCUT2D eigenvalue weighted by atomic mass is 35.5. The predicted octanol–water partition coefficient (Wildman–Crippen LogP) is 3.57. The molecule has 1 aromatic carbocycles. The van der Waals surface area contributed by atoms with Crippen LogP contribution >= 0.6 is 11.6 Å². The van der Waals surface area contributed by atoms with Gasteiger partial charge in [0.1, 0.15) is 0 Å². The highest BCUT2D eigenvalue weighted by molar-refractivity contribution is 6.33. The van der Waals surface area contributed by atoms with Crippen LogP contribution in [-0.2, 0) is 6.42 Å². The van der Waals surface area contributed by atoms with E-state index in [2.05, 4.69) is 36.2 Å². The number of nitrogens with one attached hydrogen (secondary N) is 1. The lowest BCUT2D eigenvalue weighted by molar-refractivity contribution is 0.255. The number of hydrogen-bond donors (Lipinski definition) is 1. The second-order valence-corrected chi connectivity index (χ2v) is 6.31. The van der Waals surface area contributed by atoms with Crippen LogP contribution in [0.3, 0.4) is 0 Å². The third-order valence-corrected chi connectivity index (χ3v) is 3.69. The molecule has 0 amide bonds. The molecule has 1 atom stereocenters. The quantitative estimate of drug-likeness (QED) is 0.936. The third-order valence-electron chi connectivity index (χ3n) is 3.36. The van der Waals surface area contributed by atoms with Crippen LogP contribution in [0, 0.1) is 5.41 Å². The van der Waals surface area contributed by atoms with E-state index in [1.807, 2.05) is 31.3 Å². The molecule has 0 saturated carbocycles. The summed E-state index contributed by atoms with van der Waals surface area (Å²) in [6.45, 7) is 6.54. The number of benzene rings is 1. The van der Waals surface area contributed by atoms with E-state index in [1.165, 1.54) is 0 Å². The fourth-order valence-electron chi connectivity index (χ4n) is 2.11. The Bertz CT molecular complexity index is 574. The average Bonchev–Trinajstić information content (AvgIpc) is 2.83. The van der Waals surface area contributed by atoms with Gasteiger partial charge in [0.15, 0.2) is 0 Å². The molecule has 0 aliphatic heterocycles. The zero-order valence-corrected chi connectivity index (χ0v) is 13.0. The van der Waals surface area contributed by atoms with E-state index < -0.39 is 0 Å². The molecule has 0 aliphatic rings. The molecule has 1 unspecified atom stereocenters. The lowest BCUT2D eigenvalue weighted by Crippen LogP contribution is -2.39. The van der Waals surface area contributed by atoms with Gasteiger partial charge in [-0.15, -0.1) is 0 Å². The smallest absolute Gasteiger partial charge is 0.228 e. The van der Waals surface area contributed by atoms with Crippen LogP contribution in [0.5, 0.6) is 0 Å². The molecule has 2 aromatic rings. The molecule has 0 bridgehead atoms. The predicted molar refractivity (Wildman–Crippen MR) is 80.8 cm³/mol. The van der Waals surface area contributed by atoms with Crippen molar-refractivity contribution >= 4 is 11.6 Å². The minimum atomic E-state index is 0.119. The molecule has 0 fully saturated rings. The topological polar surface area (TPSA) is 51.0 Å². The van der Waals surface area contributed by atoms with Crippen molar-refractivity contribution in [3.8, 4) is 11.4 Å². The van der Waals surface area contributed by atoms with Crippen LogP contribution in [0.4, 0.5) is 0 Å². The second kappa shape index (κ2) is 5.94. The monoisotopic (exact) mass is 293 g/mol. The number of aromatic nitrogens is 2. The van der Waals surface area contributed by atoms with Crippen LogP contribution in [0.2, 0.25) is 5.02 Å². The molecule has 20 heavy (non-hydrogen) atoms. The Balaban J connectivity index is 2.20. The molecule has 0 aliphatic carbocycles. The zero-order chi connectivity index (χ0) is 14.8. The standard InChI is InChI=1S/C15H20ClN3O/c1-15(2,3)12(17-4)9-13-18-14(19-20-13)10-7-5-6-8-11(10)16/h5-8,12,17H,9H2,1-4H3. The maximum absolute atomic E-state index is 6.14. The van der Waals surface area contributed by atoms with Crippen molar-refractivity contribution < 1.29 is 4.52 Å². The van der Waals surface area contributed by atoms with Gasteiger partial charge in [-0.3, -0.25) is 0 Å². The average molecular weight is 294 g/mol. The Morgan fingerprint density at radius 3 is 2.60 bits per heavy atom. The molecule has 1 heterocycles. The van der Waals surface area contributed by atoms with Gasteiger partial charge in [-0.25, -0.2) is 0 Å². The maximum atomic E-state index is 6.14. The first-order chi connectivity index (χ1) is 9.41. The number of nitrogens with zero attached hydrogens (tertiary/aromatic N) is 2. The van der Waals surface area contributed by atoms with E-state index in [0.717, 1.165) is 5.56 Å². The van der Waals surface area contributed by atoms with Gasteiger partial charge >= 0.3 is 0 Å². The van der Waals surface area contributed by atoms with Crippen molar-refractivity contribution in [1.29, 1.82) is 0 Å². The summed E-state index contributed by atoms with van der Waals surface area (Å²) in [5, 5.41) is 7.94. The molecule has 5 heteroatoms. The van der Waals surface area contributed by atoms with E-state index in [4.69, 9.17) is 16.1 Å². The van der Waals surface area contributed by atoms with Crippen molar-refractivity contribution in [2.45, 2.75) is 33.2 Å². The van der Waals surface area contributed by atoms with Crippen LogP contribution in [0.1, 0.15) is 26.7 Å². The minimum absolute atomic E-state index is 0.119. The Hall–Kier alpha value is -1.39. The fraction of sp³-hybridized carbons (Fsp3) is 0.467. The normalized spacial score (nSPS) is 13.4. The number of hydrogen-bond acceptors (Lipinski definition) is 4. The first kappa shape index (κ1) is 15.0. The van der Waals surface area contributed by atoms with E-state index >= 15 is 0 Å². The summed E-state index contributed by atoms with van der Waals surface area (Å²) in [6, 6.07) is 7.75. The largest absolute Gasteiger partial charge is 0.339 e. The summed E-state index contributed by atoms with van der Waals surface area (Å²) in [5.74, 6) is 1.16. The van der Waals surface area contributed by atoms with Crippen molar-refractivity contribution in [2.24, 2.45) is 5.41 Å². The van der Waals surface area contributed by atoms with Gasteiger partial charge in [0, 0.05) is 18.0 Å². The van der Waals surface area contributed by atoms with Gasteiger partial charge in [-0.2, -0.15) is 4.98 Å². The fourth-order valence-corrected chi connectivity index (χ4v) is 2.33. The molecule has 0 saturated heterocycles. The number of halogens is 1. The lowest BCUT2D eigenvalue weighted by atomic mass is 9.85. The third kappa shape index (κ3) is 3.38. The van der Waals surface area contributed by atoms with Crippen molar-refractivity contribution in [3.63, 3.8) is 0 Å². The van der Waals surface area contributed by atoms with Crippen molar-refractivity contribution in [3.05, 3.63) is 35.2 Å². The maximum Gasteiger partial charge on any atom is 0.228 e. The van der Waals surface area contributed by atoms with Crippen LogP contribution in [0.25, 0.3) is 11.4 Å². The second-order valence-electron chi connectivity index (χ2n) is 5.90. The molecule has 1 aromatic heterocycles. The summed E-state index contributed by atoms with van der Waals surface area (Å²) in [4.78, 5) is 4.44. The van der Waals surface area contributed by atoms with Gasteiger partial charge in [-0.05, 0) is 24.6 Å². The molecule has 108 valence electrons. The highest BCUT2D eigenvalue weighted by Crippen LogP contribution is 2.26. The molecule has 2 rings (SSSR count). The van der Waals surface area contributed by atoms with Crippen LogP contribution < -0.4 is 5.32 Å². The number of rotatable bonds is 4. The molecule has 0 spiro atoms. The Kier molecular flexibility index (Phi) is 4.45. The van der Waals surface area contributed by atoms with Gasteiger partial charge < -0.3 is 9.84 Å². The van der Waals surface area contributed by atoms with Gasteiger partial charge in [-0.1, -0.05) is 49.7 Å². The molecule has 4 nitrogen and oxygen atoms in total. The summed E-state index contributed by atoms with van der Waals surface area (Å²) >= 11 is 6.14. The van der Waals surface area contributed by atoms with Gasteiger partial charge in [0.05, 0.1) is 5.02 Å².